The highest BCUT2D eigenvalue weighted by Crippen LogP contribution is 2.34. The fourth-order valence-electron chi connectivity index (χ4n) is 3.99. The largest absolute Gasteiger partial charge is 0.322 e. The fraction of sp³-hybridized carbons (Fsp3) is 0.192. The zero-order valence-corrected chi connectivity index (χ0v) is 16.5. The molecule has 0 fully saturated rings. The summed E-state index contributed by atoms with van der Waals surface area (Å²) in [5.74, 6) is 0. The number of amides is 2. The van der Waals surface area contributed by atoms with Crippen LogP contribution in [-0.4, -0.2) is 17.5 Å². The molecular formula is C26H26N2O. The van der Waals surface area contributed by atoms with Crippen molar-refractivity contribution in [1.82, 2.24) is 4.90 Å². The lowest BCUT2D eigenvalue weighted by Crippen LogP contribution is -2.39. The smallest absolute Gasteiger partial charge is 0.314 e. The van der Waals surface area contributed by atoms with Crippen LogP contribution < -0.4 is 5.32 Å². The Morgan fingerprint density at radius 3 is 2.41 bits per heavy atom. The molecule has 0 saturated heterocycles. The molecule has 0 aliphatic heterocycles. The highest BCUT2D eigenvalue weighted by atomic mass is 16.2. The average Bonchev–Trinajstić information content (AvgIpc) is 2.78. The van der Waals surface area contributed by atoms with Crippen LogP contribution in [0, 0.1) is 0 Å². The number of urea groups is 1. The molecule has 29 heavy (non-hydrogen) atoms. The summed E-state index contributed by atoms with van der Waals surface area (Å²) in [5, 5.41) is 3.07. The van der Waals surface area contributed by atoms with Crippen LogP contribution >= 0.6 is 0 Å². The van der Waals surface area contributed by atoms with E-state index in [4.69, 9.17) is 0 Å². The molecule has 3 aromatic rings. The van der Waals surface area contributed by atoms with Crippen LogP contribution in [0.3, 0.4) is 0 Å². The van der Waals surface area contributed by atoms with Gasteiger partial charge < -0.3 is 10.2 Å². The van der Waals surface area contributed by atoms with Gasteiger partial charge in [0.2, 0.25) is 0 Å². The van der Waals surface area contributed by atoms with E-state index in [9.17, 15) is 4.79 Å². The lowest BCUT2D eigenvalue weighted by molar-refractivity contribution is 0.188. The van der Waals surface area contributed by atoms with Crippen LogP contribution in [-0.2, 0) is 6.42 Å². The minimum Gasteiger partial charge on any atom is -0.314 e. The number of benzene rings is 3. The Morgan fingerprint density at radius 2 is 1.62 bits per heavy atom. The molecule has 3 heteroatoms. The molecule has 0 bridgehead atoms. The minimum absolute atomic E-state index is 0.0596. The maximum atomic E-state index is 13.2. The van der Waals surface area contributed by atoms with Crippen molar-refractivity contribution in [3.63, 3.8) is 0 Å². The van der Waals surface area contributed by atoms with Crippen molar-refractivity contribution in [3.05, 3.63) is 108 Å². The summed E-state index contributed by atoms with van der Waals surface area (Å²) >= 11 is 0. The molecular weight excluding hydrogens is 356 g/mol. The van der Waals surface area contributed by atoms with Gasteiger partial charge in [-0.2, -0.15) is 0 Å². The highest BCUT2D eigenvalue weighted by Gasteiger charge is 2.28. The van der Waals surface area contributed by atoms with Crippen molar-refractivity contribution in [2.24, 2.45) is 0 Å². The topological polar surface area (TPSA) is 32.3 Å². The molecule has 0 radical (unpaired) electrons. The zero-order chi connectivity index (χ0) is 19.9. The van der Waals surface area contributed by atoms with E-state index in [1.54, 1.807) is 0 Å². The average molecular weight is 383 g/mol. The minimum atomic E-state index is -0.0596. The molecule has 1 unspecified atom stereocenters. The van der Waals surface area contributed by atoms with Gasteiger partial charge in [0.05, 0.1) is 6.04 Å². The van der Waals surface area contributed by atoms with Gasteiger partial charge in [-0.15, -0.1) is 0 Å². The molecule has 0 aromatic heterocycles. The molecule has 1 atom stereocenters. The monoisotopic (exact) mass is 382 g/mol. The molecule has 0 heterocycles. The van der Waals surface area contributed by atoms with E-state index < -0.39 is 0 Å². The van der Waals surface area contributed by atoms with Crippen LogP contribution in [0.15, 0.2) is 91.0 Å². The maximum Gasteiger partial charge on any atom is 0.322 e. The van der Waals surface area contributed by atoms with Gasteiger partial charge in [0.25, 0.3) is 0 Å². The Hall–Kier alpha value is -3.33. The van der Waals surface area contributed by atoms with Gasteiger partial charge in [0, 0.05) is 12.2 Å². The molecule has 3 aromatic carbocycles. The number of aryl methyl sites for hydroxylation is 1. The molecule has 146 valence electrons. The lowest BCUT2D eigenvalue weighted by atomic mass is 9.87. The van der Waals surface area contributed by atoms with Crippen molar-refractivity contribution in [2.45, 2.75) is 25.3 Å². The standard InChI is InChI=1S/C26H26N2O/c29-26(27-23-16-5-2-6-17-23)28(20-10-13-21-11-3-1-4-12-21)25-19-9-15-22-14-7-8-18-24(22)25/h1-8,10-14,16-18,25H,9,15,19-20H2,(H,27,29)/b13-10+. The first-order valence-corrected chi connectivity index (χ1v) is 10.2. The Bertz CT molecular complexity index is 966. The third-order valence-electron chi connectivity index (χ3n) is 5.41. The van der Waals surface area contributed by atoms with Crippen LogP contribution in [0.2, 0.25) is 0 Å². The van der Waals surface area contributed by atoms with E-state index in [-0.39, 0.29) is 12.1 Å². The molecule has 3 nitrogen and oxygen atoms in total. The van der Waals surface area contributed by atoms with Crippen molar-refractivity contribution in [3.8, 4) is 0 Å². The summed E-state index contributed by atoms with van der Waals surface area (Å²) in [7, 11) is 0. The van der Waals surface area contributed by atoms with Crippen molar-refractivity contribution >= 4 is 17.8 Å². The van der Waals surface area contributed by atoms with Crippen LogP contribution in [0.4, 0.5) is 10.5 Å². The van der Waals surface area contributed by atoms with E-state index in [2.05, 4.69) is 53.9 Å². The number of hydrogen-bond donors (Lipinski definition) is 1. The van der Waals surface area contributed by atoms with Crippen molar-refractivity contribution in [1.29, 1.82) is 0 Å². The Balaban J connectivity index is 1.58. The lowest BCUT2D eigenvalue weighted by Gasteiger charge is -2.35. The molecule has 1 aliphatic rings. The van der Waals surface area contributed by atoms with E-state index >= 15 is 0 Å². The number of fused-ring (bicyclic) bond motifs is 1. The Labute approximate surface area is 172 Å². The number of carbonyl (C=O) groups excluding carboxylic acids is 1. The predicted octanol–water partition coefficient (Wildman–Crippen LogP) is 6.31. The quantitative estimate of drug-likeness (QED) is 0.551. The first kappa shape index (κ1) is 19.0. The number of rotatable bonds is 5. The Kier molecular flexibility index (Phi) is 6.06. The second kappa shape index (κ2) is 9.24. The summed E-state index contributed by atoms with van der Waals surface area (Å²) in [6.07, 6.45) is 7.33. The summed E-state index contributed by atoms with van der Waals surface area (Å²) in [6.45, 7) is 0.562. The number of anilines is 1. The second-order valence-corrected chi connectivity index (χ2v) is 7.37. The summed E-state index contributed by atoms with van der Waals surface area (Å²) in [5.41, 5.74) is 4.59. The fourth-order valence-corrected chi connectivity index (χ4v) is 3.99. The van der Waals surface area contributed by atoms with Crippen LogP contribution in [0.1, 0.15) is 35.6 Å². The number of carbonyl (C=O) groups is 1. The van der Waals surface area contributed by atoms with Crippen molar-refractivity contribution < 1.29 is 4.79 Å². The highest BCUT2D eigenvalue weighted by molar-refractivity contribution is 5.89. The summed E-state index contributed by atoms with van der Waals surface area (Å²) < 4.78 is 0. The normalized spacial score (nSPS) is 15.7. The molecule has 0 spiro atoms. The Morgan fingerprint density at radius 1 is 0.931 bits per heavy atom. The third kappa shape index (κ3) is 4.75. The predicted molar refractivity (Wildman–Crippen MR) is 120 cm³/mol. The van der Waals surface area contributed by atoms with Gasteiger partial charge in [0.15, 0.2) is 0 Å². The maximum absolute atomic E-state index is 13.2. The van der Waals surface area contributed by atoms with Crippen LogP contribution in [0.5, 0.6) is 0 Å². The number of nitrogens with zero attached hydrogens (tertiary/aromatic N) is 1. The number of para-hydroxylation sites is 1. The van der Waals surface area contributed by atoms with Gasteiger partial charge in [0.1, 0.15) is 0 Å². The third-order valence-corrected chi connectivity index (χ3v) is 5.41. The second-order valence-electron chi connectivity index (χ2n) is 7.37. The van der Waals surface area contributed by atoms with Gasteiger partial charge in [-0.1, -0.05) is 84.9 Å². The number of nitrogens with one attached hydrogen (secondary N) is 1. The van der Waals surface area contributed by atoms with E-state index in [0.29, 0.717) is 6.54 Å². The number of hydrogen-bond acceptors (Lipinski definition) is 1. The van der Waals surface area contributed by atoms with Gasteiger partial charge in [-0.3, -0.25) is 0 Å². The molecule has 2 amide bonds. The first-order chi connectivity index (χ1) is 14.3. The molecule has 0 saturated carbocycles. The summed E-state index contributed by atoms with van der Waals surface area (Å²) in [4.78, 5) is 15.2. The van der Waals surface area contributed by atoms with E-state index in [1.807, 2.05) is 53.4 Å². The van der Waals surface area contributed by atoms with Crippen LogP contribution in [0.25, 0.3) is 6.08 Å². The van der Waals surface area contributed by atoms with Crippen molar-refractivity contribution in [2.75, 3.05) is 11.9 Å². The molecule has 1 N–H and O–H groups in total. The van der Waals surface area contributed by atoms with E-state index in [1.165, 1.54) is 11.1 Å². The van der Waals surface area contributed by atoms with Gasteiger partial charge in [-0.05, 0) is 48.1 Å². The molecule has 4 rings (SSSR count). The van der Waals surface area contributed by atoms with E-state index in [0.717, 1.165) is 30.5 Å². The molecule has 1 aliphatic carbocycles. The SMILES string of the molecule is O=C(Nc1ccccc1)N(C/C=C/c1ccccc1)C1CCCc2ccccc21. The summed E-state index contributed by atoms with van der Waals surface area (Å²) in [6, 6.07) is 28.4. The first-order valence-electron chi connectivity index (χ1n) is 10.2. The van der Waals surface area contributed by atoms with Gasteiger partial charge >= 0.3 is 6.03 Å². The van der Waals surface area contributed by atoms with Gasteiger partial charge in [-0.25, -0.2) is 4.79 Å². The zero-order valence-electron chi connectivity index (χ0n) is 16.5.